The van der Waals surface area contributed by atoms with Crippen LogP contribution in [-0.2, 0) is 6.42 Å². The molecule has 0 heterocycles. The molecule has 0 saturated carbocycles. The molecule has 0 spiro atoms. The van der Waals surface area contributed by atoms with E-state index in [0.29, 0.717) is 12.0 Å². The van der Waals surface area contributed by atoms with Crippen LogP contribution in [0.4, 0.5) is 4.39 Å². The van der Waals surface area contributed by atoms with Crippen molar-refractivity contribution in [1.82, 2.24) is 5.32 Å². The average Bonchev–Trinajstić information content (AvgIpc) is 2.46. The van der Waals surface area contributed by atoms with Crippen LogP contribution >= 0.6 is 12.4 Å². The van der Waals surface area contributed by atoms with Crippen LogP contribution in [0.25, 0.3) is 0 Å². The summed E-state index contributed by atoms with van der Waals surface area (Å²) in [7, 11) is 1.69. The SMILES string of the molecule is CNC(C)(Cc1cccc(F)c1)C(=O)c1cccc(O)c1.Cl. The molecule has 118 valence electrons. The molecular formula is C17H19ClFNO2. The van der Waals surface area contributed by atoms with E-state index in [2.05, 4.69) is 5.32 Å². The molecular weight excluding hydrogens is 305 g/mol. The van der Waals surface area contributed by atoms with Gasteiger partial charge in [-0.05, 0) is 50.2 Å². The van der Waals surface area contributed by atoms with Crippen molar-refractivity contribution in [3.63, 3.8) is 0 Å². The number of rotatable bonds is 5. The van der Waals surface area contributed by atoms with Crippen LogP contribution in [0.3, 0.4) is 0 Å². The second-order valence-corrected chi connectivity index (χ2v) is 5.27. The van der Waals surface area contributed by atoms with E-state index in [1.807, 2.05) is 0 Å². The van der Waals surface area contributed by atoms with Gasteiger partial charge < -0.3 is 10.4 Å². The second-order valence-electron chi connectivity index (χ2n) is 5.27. The van der Waals surface area contributed by atoms with Crippen molar-refractivity contribution in [3.8, 4) is 5.75 Å². The van der Waals surface area contributed by atoms with Crippen LogP contribution in [0, 0.1) is 5.82 Å². The third-order valence-electron chi connectivity index (χ3n) is 3.61. The summed E-state index contributed by atoms with van der Waals surface area (Å²) in [6, 6.07) is 12.4. The first-order valence-electron chi connectivity index (χ1n) is 6.72. The second kappa shape index (κ2) is 7.38. The Balaban J connectivity index is 0.00000242. The first-order valence-corrected chi connectivity index (χ1v) is 6.72. The summed E-state index contributed by atoms with van der Waals surface area (Å²) in [4.78, 5) is 12.7. The number of benzene rings is 2. The topological polar surface area (TPSA) is 49.3 Å². The van der Waals surface area contributed by atoms with Gasteiger partial charge in [-0.15, -0.1) is 12.4 Å². The van der Waals surface area contributed by atoms with Gasteiger partial charge in [0.2, 0.25) is 0 Å². The Bertz CT molecular complexity index is 663. The number of carbonyl (C=O) groups is 1. The maximum atomic E-state index is 13.3. The standard InChI is InChI=1S/C17H18FNO2.ClH/c1-17(19-2,11-12-5-3-7-14(18)9-12)16(21)13-6-4-8-15(20)10-13;/h3-10,19-20H,11H2,1-2H3;1H. The summed E-state index contributed by atoms with van der Waals surface area (Å²) in [5.41, 5.74) is 0.283. The fourth-order valence-electron chi connectivity index (χ4n) is 2.30. The molecule has 2 aromatic rings. The summed E-state index contributed by atoms with van der Waals surface area (Å²) in [6.07, 6.45) is 0.357. The molecule has 1 atom stereocenters. The van der Waals surface area contributed by atoms with E-state index in [1.165, 1.54) is 24.3 Å². The first-order chi connectivity index (χ1) is 9.94. The van der Waals surface area contributed by atoms with Gasteiger partial charge in [0.15, 0.2) is 5.78 Å². The third kappa shape index (κ3) is 4.06. The van der Waals surface area contributed by atoms with Crippen LogP contribution in [0.5, 0.6) is 5.75 Å². The van der Waals surface area contributed by atoms with Crippen molar-refractivity contribution < 1.29 is 14.3 Å². The van der Waals surface area contributed by atoms with Crippen LogP contribution in [0.2, 0.25) is 0 Å². The molecule has 0 aliphatic carbocycles. The maximum Gasteiger partial charge on any atom is 0.183 e. The van der Waals surface area contributed by atoms with E-state index in [-0.39, 0.29) is 29.8 Å². The number of phenolic OH excluding ortho intramolecular Hbond substituents is 1. The summed E-state index contributed by atoms with van der Waals surface area (Å²) in [5.74, 6) is -0.425. The van der Waals surface area contributed by atoms with Crippen LogP contribution in [0.15, 0.2) is 48.5 Å². The fraction of sp³-hybridized carbons (Fsp3) is 0.235. The maximum absolute atomic E-state index is 13.3. The normalized spacial score (nSPS) is 13.0. The van der Waals surface area contributed by atoms with E-state index in [4.69, 9.17) is 0 Å². The van der Waals surface area contributed by atoms with E-state index < -0.39 is 5.54 Å². The zero-order valence-corrected chi connectivity index (χ0v) is 13.3. The number of phenols is 1. The van der Waals surface area contributed by atoms with Gasteiger partial charge in [-0.3, -0.25) is 4.79 Å². The Hall–Kier alpha value is -1.91. The Morgan fingerprint density at radius 2 is 1.91 bits per heavy atom. The Kier molecular flexibility index (Phi) is 6.09. The lowest BCUT2D eigenvalue weighted by atomic mass is 9.85. The van der Waals surface area contributed by atoms with Gasteiger partial charge in [-0.2, -0.15) is 0 Å². The highest BCUT2D eigenvalue weighted by molar-refractivity contribution is 6.03. The molecule has 0 aromatic heterocycles. The average molecular weight is 324 g/mol. The molecule has 2 rings (SSSR count). The molecule has 0 bridgehead atoms. The summed E-state index contributed by atoms with van der Waals surface area (Å²) in [5, 5.41) is 12.5. The highest BCUT2D eigenvalue weighted by Crippen LogP contribution is 2.21. The quantitative estimate of drug-likeness (QED) is 0.830. The molecule has 0 saturated heterocycles. The zero-order chi connectivity index (χ0) is 15.5. The van der Waals surface area contributed by atoms with Gasteiger partial charge in [0.1, 0.15) is 11.6 Å². The lowest BCUT2D eigenvalue weighted by Crippen LogP contribution is -2.49. The van der Waals surface area contributed by atoms with Crippen molar-refractivity contribution >= 4 is 18.2 Å². The molecule has 0 aliphatic rings. The van der Waals surface area contributed by atoms with Crippen molar-refractivity contribution in [2.24, 2.45) is 0 Å². The lowest BCUT2D eigenvalue weighted by Gasteiger charge is -2.28. The molecule has 3 nitrogen and oxygen atoms in total. The predicted octanol–water partition coefficient (Wildman–Crippen LogP) is 3.36. The van der Waals surface area contributed by atoms with Gasteiger partial charge in [0.05, 0.1) is 5.54 Å². The van der Waals surface area contributed by atoms with Crippen molar-refractivity contribution in [3.05, 3.63) is 65.5 Å². The number of hydrogen-bond acceptors (Lipinski definition) is 3. The predicted molar refractivity (Wildman–Crippen MR) is 87.3 cm³/mol. The third-order valence-corrected chi connectivity index (χ3v) is 3.61. The van der Waals surface area contributed by atoms with Crippen molar-refractivity contribution in [1.29, 1.82) is 0 Å². The highest BCUT2D eigenvalue weighted by Gasteiger charge is 2.32. The van der Waals surface area contributed by atoms with Gasteiger partial charge in [0.25, 0.3) is 0 Å². The summed E-state index contributed by atoms with van der Waals surface area (Å²) >= 11 is 0. The molecule has 1 unspecified atom stereocenters. The van der Waals surface area contributed by atoms with Gasteiger partial charge >= 0.3 is 0 Å². The monoisotopic (exact) mass is 323 g/mol. The minimum Gasteiger partial charge on any atom is -0.508 e. The number of halogens is 2. The van der Waals surface area contributed by atoms with E-state index in [0.717, 1.165) is 5.56 Å². The molecule has 5 heteroatoms. The number of nitrogens with one attached hydrogen (secondary N) is 1. The van der Waals surface area contributed by atoms with Crippen LogP contribution in [0.1, 0.15) is 22.8 Å². The number of Topliss-reactive ketones (excluding diaryl/α,β-unsaturated/α-hetero) is 1. The lowest BCUT2D eigenvalue weighted by molar-refractivity contribution is 0.0873. The van der Waals surface area contributed by atoms with Crippen molar-refractivity contribution in [2.45, 2.75) is 18.9 Å². The van der Waals surface area contributed by atoms with Crippen molar-refractivity contribution in [2.75, 3.05) is 7.05 Å². The molecule has 2 N–H and O–H groups in total. The number of aromatic hydroxyl groups is 1. The Morgan fingerprint density at radius 1 is 1.23 bits per heavy atom. The largest absolute Gasteiger partial charge is 0.508 e. The molecule has 22 heavy (non-hydrogen) atoms. The fourth-order valence-corrected chi connectivity index (χ4v) is 2.30. The Labute approximate surface area is 135 Å². The number of hydrogen-bond donors (Lipinski definition) is 2. The van der Waals surface area contributed by atoms with Crippen LogP contribution in [-0.4, -0.2) is 23.5 Å². The molecule has 0 radical (unpaired) electrons. The highest BCUT2D eigenvalue weighted by atomic mass is 35.5. The molecule has 0 aliphatic heterocycles. The van der Waals surface area contributed by atoms with Gasteiger partial charge in [0, 0.05) is 5.56 Å². The summed E-state index contributed by atoms with van der Waals surface area (Å²) in [6.45, 7) is 1.77. The smallest absolute Gasteiger partial charge is 0.183 e. The molecule has 0 fully saturated rings. The number of carbonyl (C=O) groups excluding carboxylic acids is 1. The van der Waals surface area contributed by atoms with E-state index in [1.54, 1.807) is 38.2 Å². The zero-order valence-electron chi connectivity index (χ0n) is 12.5. The number of likely N-dealkylation sites (N-methyl/N-ethyl adjacent to an activating group) is 1. The Morgan fingerprint density at radius 3 is 2.50 bits per heavy atom. The van der Waals surface area contributed by atoms with E-state index in [9.17, 15) is 14.3 Å². The van der Waals surface area contributed by atoms with Crippen LogP contribution < -0.4 is 5.32 Å². The summed E-state index contributed by atoms with van der Waals surface area (Å²) < 4.78 is 13.3. The van der Waals surface area contributed by atoms with Gasteiger partial charge in [-0.25, -0.2) is 4.39 Å². The molecule has 0 amide bonds. The van der Waals surface area contributed by atoms with Gasteiger partial charge in [-0.1, -0.05) is 24.3 Å². The first kappa shape index (κ1) is 18.1. The number of ketones is 1. The minimum absolute atomic E-state index is 0. The minimum atomic E-state index is -0.873. The van der Waals surface area contributed by atoms with E-state index >= 15 is 0 Å². The molecule has 2 aromatic carbocycles.